The van der Waals surface area contributed by atoms with Gasteiger partial charge < -0.3 is 5.32 Å². The van der Waals surface area contributed by atoms with Crippen LogP contribution in [-0.4, -0.2) is 31.1 Å². The molecule has 6 nitrogen and oxygen atoms in total. The zero-order valence-electron chi connectivity index (χ0n) is 17.4. The Morgan fingerprint density at radius 3 is 2.71 bits per heavy atom. The van der Waals surface area contributed by atoms with E-state index >= 15 is 0 Å². The van der Waals surface area contributed by atoms with Crippen molar-refractivity contribution in [3.8, 4) is 0 Å². The Labute approximate surface area is 188 Å². The van der Waals surface area contributed by atoms with Gasteiger partial charge in [0.05, 0.1) is 11.1 Å². The van der Waals surface area contributed by atoms with E-state index in [0.29, 0.717) is 0 Å². The van der Waals surface area contributed by atoms with Gasteiger partial charge in [0.1, 0.15) is 22.3 Å². The van der Waals surface area contributed by atoms with E-state index in [4.69, 9.17) is 9.97 Å². The van der Waals surface area contributed by atoms with Crippen LogP contribution in [0.5, 0.6) is 0 Å². The predicted molar refractivity (Wildman–Crippen MR) is 128 cm³/mol. The molecule has 0 unspecified atom stereocenters. The van der Waals surface area contributed by atoms with Crippen molar-refractivity contribution in [1.82, 2.24) is 24.6 Å². The molecule has 0 saturated heterocycles. The molecule has 5 rings (SSSR count). The number of nitrogens with one attached hydrogen (secondary N) is 1. The number of anilines is 1. The van der Waals surface area contributed by atoms with Crippen molar-refractivity contribution in [2.75, 3.05) is 11.9 Å². The summed E-state index contributed by atoms with van der Waals surface area (Å²) in [6.45, 7) is 5.01. The van der Waals surface area contributed by atoms with Gasteiger partial charge in [-0.15, -0.1) is 33.3 Å². The SMILES string of the molecule is Cc1sc2nc(CSc3ccccc3)nc(NCCc3nnc4ccccn34)c2c1C. The molecule has 8 heteroatoms. The Kier molecular flexibility index (Phi) is 5.57. The molecular weight excluding hydrogens is 424 g/mol. The zero-order valence-corrected chi connectivity index (χ0v) is 19.0. The second-order valence-corrected chi connectivity index (χ2v) is 9.53. The topological polar surface area (TPSA) is 68.0 Å². The van der Waals surface area contributed by atoms with Gasteiger partial charge in [-0.3, -0.25) is 4.40 Å². The van der Waals surface area contributed by atoms with Crippen LogP contribution in [0.25, 0.3) is 15.9 Å². The number of hydrogen-bond acceptors (Lipinski definition) is 7. The van der Waals surface area contributed by atoms with Crippen molar-refractivity contribution in [3.63, 3.8) is 0 Å². The summed E-state index contributed by atoms with van der Waals surface area (Å²) >= 11 is 3.49. The molecule has 5 aromatic rings. The Morgan fingerprint density at radius 2 is 1.84 bits per heavy atom. The molecular formula is C23H22N6S2. The summed E-state index contributed by atoms with van der Waals surface area (Å²) in [6, 6.07) is 16.3. The Bertz CT molecular complexity index is 1340. The molecule has 1 N–H and O–H groups in total. The molecule has 156 valence electrons. The van der Waals surface area contributed by atoms with Crippen LogP contribution in [0.15, 0.2) is 59.6 Å². The highest BCUT2D eigenvalue weighted by Crippen LogP contribution is 2.34. The molecule has 4 aromatic heterocycles. The highest BCUT2D eigenvalue weighted by Gasteiger charge is 2.15. The second kappa shape index (κ2) is 8.64. The van der Waals surface area contributed by atoms with Gasteiger partial charge in [0.2, 0.25) is 0 Å². The van der Waals surface area contributed by atoms with E-state index in [1.807, 2.05) is 34.9 Å². The summed E-state index contributed by atoms with van der Waals surface area (Å²) in [6.07, 6.45) is 2.76. The maximum Gasteiger partial charge on any atom is 0.160 e. The van der Waals surface area contributed by atoms with E-state index in [9.17, 15) is 0 Å². The fourth-order valence-corrected chi connectivity index (χ4v) is 5.33. The summed E-state index contributed by atoms with van der Waals surface area (Å²) in [7, 11) is 0. The van der Waals surface area contributed by atoms with Crippen molar-refractivity contribution in [1.29, 1.82) is 0 Å². The number of benzene rings is 1. The standard InChI is InChI=1S/C23H22N6S2/c1-15-16(2)31-23-21(15)22(25-18(26-23)14-30-17-8-4-3-5-9-17)24-12-11-20-28-27-19-10-6-7-13-29(19)20/h3-10,13H,11-12,14H2,1-2H3,(H,24,25,26). The Hall–Kier alpha value is -2.97. The maximum atomic E-state index is 4.89. The van der Waals surface area contributed by atoms with Gasteiger partial charge in [0.15, 0.2) is 5.65 Å². The van der Waals surface area contributed by atoms with Gasteiger partial charge in [0.25, 0.3) is 0 Å². The van der Waals surface area contributed by atoms with E-state index in [1.54, 1.807) is 23.1 Å². The molecule has 4 heterocycles. The second-order valence-electron chi connectivity index (χ2n) is 7.28. The van der Waals surface area contributed by atoms with E-state index in [1.165, 1.54) is 15.3 Å². The van der Waals surface area contributed by atoms with Crippen LogP contribution in [0.3, 0.4) is 0 Å². The molecule has 0 amide bonds. The van der Waals surface area contributed by atoms with Gasteiger partial charge in [-0.2, -0.15) is 0 Å². The van der Waals surface area contributed by atoms with Crippen molar-refractivity contribution in [3.05, 3.63) is 76.8 Å². The number of thiophene rings is 1. The summed E-state index contributed by atoms with van der Waals surface area (Å²) in [5.41, 5.74) is 2.11. The molecule has 0 aliphatic carbocycles. The van der Waals surface area contributed by atoms with Gasteiger partial charge in [0, 0.05) is 28.9 Å². The minimum absolute atomic E-state index is 0.724. The highest BCUT2D eigenvalue weighted by molar-refractivity contribution is 7.98. The minimum Gasteiger partial charge on any atom is -0.369 e. The molecule has 1 aromatic carbocycles. The lowest BCUT2D eigenvalue weighted by Crippen LogP contribution is -2.10. The van der Waals surface area contributed by atoms with Gasteiger partial charge in [-0.05, 0) is 43.7 Å². The lowest BCUT2D eigenvalue weighted by atomic mass is 10.2. The number of rotatable bonds is 7. The third kappa shape index (κ3) is 4.13. The van der Waals surface area contributed by atoms with Crippen LogP contribution in [-0.2, 0) is 12.2 Å². The lowest BCUT2D eigenvalue weighted by molar-refractivity contribution is 0.867. The fraction of sp³-hybridized carbons (Fsp3) is 0.217. The quantitative estimate of drug-likeness (QED) is 0.342. The summed E-state index contributed by atoms with van der Waals surface area (Å²) in [4.78, 5) is 13.3. The molecule has 0 aliphatic rings. The van der Waals surface area contributed by atoms with Crippen LogP contribution in [0.2, 0.25) is 0 Å². The number of pyridine rings is 1. The first-order chi connectivity index (χ1) is 15.2. The normalized spacial score (nSPS) is 11.4. The third-order valence-electron chi connectivity index (χ3n) is 5.21. The first-order valence-corrected chi connectivity index (χ1v) is 12.0. The average Bonchev–Trinajstić information content (AvgIpc) is 3.33. The number of aromatic nitrogens is 5. The first-order valence-electron chi connectivity index (χ1n) is 10.2. The molecule has 0 atom stereocenters. The van der Waals surface area contributed by atoms with Crippen LogP contribution in [0.4, 0.5) is 5.82 Å². The molecule has 31 heavy (non-hydrogen) atoms. The average molecular weight is 447 g/mol. The largest absolute Gasteiger partial charge is 0.369 e. The van der Waals surface area contributed by atoms with Gasteiger partial charge in [-0.25, -0.2) is 9.97 Å². The Balaban J connectivity index is 1.38. The maximum absolute atomic E-state index is 4.89. The van der Waals surface area contributed by atoms with Crippen molar-refractivity contribution < 1.29 is 0 Å². The number of fused-ring (bicyclic) bond motifs is 2. The first kappa shape index (κ1) is 20.0. The molecule has 0 radical (unpaired) electrons. The van der Waals surface area contributed by atoms with Crippen molar-refractivity contribution in [2.24, 2.45) is 0 Å². The highest BCUT2D eigenvalue weighted by atomic mass is 32.2. The van der Waals surface area contributed by atoms with Gasteiger partial charge >= 0.3 is 0 Å². The Morgan fingerprint density at radius 1 is 1.00 bits per heavy atom. The van der Waals surface area contributed by atoms with E-state index in [2.05, 4.69) is 53.6 Å². The minimum atomic E-state index is 0.724. The number of hydrogen-bond donors (Lipinski definition) is 1. The third-order valence-corrected chi connectivity index (χ3v) is 7.32. The van der Waals surface area contributed by atoms with Crippen LogP contribution < -0.4 is 5.32 Å². The lowest BCUT2D eigenvalue weighted by Gasteiger charge is -2.10. The number of aryl methyl sites for hydroxylation is 2. The molecule has 0 bridgehead atoms. The van der Waals surface area contributed by atoms with Crippen LogP contribution in [0.1, 0.15) is 22.1 Å². The van der Waals surface area contributed by atoms with Crippen molar-refractivity contribution in [2.45, 2.75) is 30.9 Å². The van der Waals surface area contributed by atoms with E-state index < -0.39 is 0 Å². The summed E-state index contributed by atoms with van der Waals surface area (Å²) in [5.74, 6) is 3.42. The van der Waals surface area contributed by atoms with Gasteiger partial charge in [-0.1, -0.05) is 24.3 Å². The monoisotopic (exact) mass is 446 g/mol. The summed E-state index contributed by atoms with van der Waals surface area (Å²) < 4.78 is 2.03. The molecule has 0 aliphatic heterocycles. The smallest absolute Gasteiger partial charge is 0.160 e. The van der Waals surface area contributed by atoms with Crippen LogP contribution in [0, 0.1) is 13.8 Å². The van der Waals surface area contributed by atoms with Crippen LogP contribution >= 0.6 is 23.1 Å². The molecule has 0 spiro atoms. The molecule has 0 fully saturated rings. The summed E-state index contributed by atoms with van der Waals surface area (Å²) in [5, 5.41) is 13.2. The zero-order chi connectivity index (χ0) is 21.2. The molecule has 0 saturated carbocycles. The predicted octanol–water partition coefficient (Wildman–Crippen LogP) is 5.30. The van der Waals surface area contributed by atoms with E-state index in [-0.39, 0.29) is 0 Å². The number of nitrogens with zero attached hydrogens (tertiary/aromatic N) is 5. The number of thioether (sulfide) groups is 1. The van der Waals surface area contributed by atoms with E-state index in [0.717, 1.165) is 52.0 Å². The fourth-order valence-electron chi connectivity index (χ4n) is 3.50. The van der Waals surface area contributed by atoms with Crippen molar-refractivity contribution >= 4 is 44.8 Å².